The van der Waals surface area contributed by atoms with Crippen LogP contribution in [0.3, 0.4) is 0 Å². The number of alkyl halides is 3. The number of pyridine rings is 1. The number of ether oxygens (including phenoxy) is 1. The van der Waals surface area contributed by atoms with Crippen molar-refractivity contribution < 1.29 is 31.9 Å². The maximum Gasteiger partial charge on any atom is 0.433 e. The van der Waals surface area contributed by atoms with E-state index in [1.165, 1.54) is 29.0 Å². The first-order valence-electron chi connectivity index (χ1n) is 12.9. The molecule has 2 aromatic carbocycles. The molecule has 4 aromatic rings. The Hall–Kier alpha value is -4.07. The summed E-state index contributed by atoms with van der Waals surface area (Å²) in [6.45, 7) is 1.92. The summed E-state index contributed by atoms with van der Waals surface area (Å²) in [6, 6.07) is 7.89. The number of hydrogen-bond acceptors (Lipinski definition) is 7. The molecule has 3 amide bonds. The average molecular weight is 637 g/mol. The smallest absolute Gasteiger partial charge is 0.433 e. The summed E-state index contributed by atoms with van der Waals surface area (Å²) in [7, 11) is 1.32. The molecule has 4 N–H and O–H groups in total. The largest absolute Gasteiger partial charge is 0.494 e. The number of piperazine rings is 1. The lowest BCUT2D eigenvalue weighted by Gasteiger charge is -2.40. The second-order valence-electron chi connectivity index (χ2n) is 9.90. The van der Waals surface area contributed by atoms with E-state index in [2.05, 4.69) is 9.97 Å². The number of benzene rings is 2. The first-order chi connectivity index (χ1) is 20.3. The molecule has 1 fully saturated rings. The van der Waals surface area contributed by atoms with Crippen LogP contribution in [0.25, 0.3) is 22.4 Å². The van der Waals surface area contributed by atoms with Crippen LogP contribution in [-0.4, -0.2) is 58.5 Å². The van der Waals surface area contributed by atoms with E-state index in [1.807, 2.05) is 0 Å². The van der Waals surface area contributed by atoms with Gasteiger partial charge in [-0.1, -0.05) is 29.3 Å². The van der Waals surface area contributed by atoms with Gasteiger partial charge in [-0.15, -0.1) is 0 Å². The third-order valence-corrected chi connectivity index (χ3v) is 7.85. The van der Waals surface area contributed by atoms with Crippen molar-refractivity contribution >= 4 is 46.0 Å². The van der Waals surface area contributed by atoms with E-state index >= 15 is 0 Å². The van der Waals surface area contributed by atoms with E-state index in [9.17, 15) is 22.8 Å². The highest BCUT2D eigenvalue weighted by atomic mass is 35.5. The summed E-state index contributed by atoms with van der Waals surface area (Å²) in [5.74, 6) is -0.374. The van der Waals surface area contributed by atoms with E-state index < -0.39 is 35.9 Å². The van der Waals surface area contributed by atoms with Crippen LogP contribution >= 0.6 is 23.2 Å². The van der Waals surface area contributed by atoms with Crippen molar-refractivity contribution in [3.63, 3.8) is 0 Å². The molecule has 2 atom stereocenters. The van der Waals surface area contributed by atoms with Crippen LogP contribution in [0.5, 0.6) is 5.75 Å². The summed E-state index contributed by atoms with van der Waals surface area (Å²) in [4.78, 5) is 37.2. The van der Waals surface area contributed by atoms with Gasteiger partial charge in [-0.2, -0.15) is 13.2 Å². The van der Waals surface area contributed by atoms with Crippen molar-refractivity contribution in [3.05, 3.63) is 75.2 Å². The first-order valence-corrected chi connectivity index (χ1v) is 13.7. The second-order valence-corrected chi connectivity index (χ2v) is 10.7. The summed E-state index contributed by atoms with van der Waals surface area (Å²) >= 11 is 12.3. The van der Waals surface area contributed by atoms with Gasteiger partial charge in [0.1, 0.15) is 17.0 Å². The average Bonchev–Trinajstić information content (AvgIpc) is 3.42. The zero-order valence-electron chi connectivity index (χ0n) is 22.8. The predicted molar refractivity (Wildman–Crippen MR) is 153 cm³/mol. The van der Waals surface area contributed by atoms with Crippen LogP contribution in [0.15, 0.2) is 46.9 Å². The van der Waals surface area contributed by atoms with Gasteiger partial charge >= 0.3 is 12.2 Å². The summed E-state index contributed by atoms with van der Waals surface area (Å²) in [6.07, 6.45) is -4.67. The molecule has 1 saturated heterocycles. The number of urea groups is 1. The Balaban J connectivity index is 1.54. The number of hydrogen-bond donors (Lipinski definition) is 2. The normalized spacial score (nSPS) is 16.4. The lowest BCUT2D eigenvalue weighted by Crippen LogP contribution is -2.53. The van der Waals surface area contributed by atoms with E-state index in [-0.39, 0.29) is 64.2 Å². The van der Waals surface area contributed by atoms with Crippen LogP contribution in [0, 0.1) is 0 Å². The molecule has 15 heteroatoms. The minimum atomic E-state index is -4.67. The zero-order chi connectivity index (χ0) is 31.2. The molecule has 2 aromatic heterocycles. The maximum atomic E-state index is 13.9. The molecular weight excluding hydrogens is 612 g/mol. The van der Waals surface area contributed by atoms with Crippen molar-refractivity contribution in [1.29, 1.82) is 0 Å². The Bertz CT molecular complexity index is 1730. The molecule has 0 radical (unpaired) electrons. The summed E-state index contributed by atoms with van der Waals surface area (Å²) < 4.78 is 51.4. The number of carbonyl (C=O) groups excluding carboxylic acids is 2. The first kappa shape index (κ1) is 30.4. The van der Waals surface area contributed by atoms with Crippen molar-refractivity contribution in [2.45, 2.75) is 25.2 Å². The van der Waals surface area contributed by atoms with Crippen LogP contribution in [0.1, 0.15) is 46.5 Å². The highest BCUT2D eigenvalue weighted by molar-refractivity contribution is 6.42. The Labute approximate surface area is 253 Å². The second kappa shape index (κ2) is 11.5. The fourth-order valence-corrected chi connectivity index (χ4v) is 5.30. The van der Waals surface area contributed by atoms with Gasteiger partial charge in [0, 0.05) is 30.6 Å². The molecule has 0 aliphatic carbocycles. The molecule has 226 valence electrons. The van der Waals surface area contributed by atoms with Crippen molar-refractivity contribution in [1.82, 2.24) is 19.8 Å². The topological polar surface area (TPSA) is 141 Å². The highest BCUT2D eigenvalue weighted by Gasteiger charge is 2.37. The van der Waals surface area contributed by atoms with Crippen molar-refractivity contribution in [2.75, 3.05) is 26.7 Å². The SMILES string of the molecule is COc1ccc(-c2nc(C(=O)N3CCN(C(N)=O)[C@H](c4ccc(Cl)c(Cl)c4)C3)c(C(C)N)o2)c2ccc(C(F)(F)F)nc12. The highest BCUT2D eigenvalue weighted by Crippen LogP contribution is 2.38. The molecule has 1 aliphatic heterocycles. The van der Waals surface area contributed by atoms with Crippen molar-refractivity contribution in [3.8, 4) is 17.2 Å². The molecule has 0 spiro atoms. The van der Waals surface area contributed by atoms with Crippen molar-refractivity contribution in [2.24, 2.45) is 11.5 Å². The Morgan fingerprint density at radius 2 is 1.84 bits per heavy atom. The van der Waals surface area contributed by atoms with E-state index in [4.69, 9.17) is 43.8 Å². The Kier molecular flexibility index (Phi) is 8.16. The summed E-state index contributed by atoms with van der Waals surface area (Å²) in [5.41, 5.74) is 11.5. The Morgan fingerprint density at radius 3 is 2.47 bits per heavy atom. The molecular formula is C28H25Cl2F3N6O4. The number of aromatic nitrogens is 2. The van der Waals surface area contributed by atoms with Gasteiger partial charge in [0.05, 0.1) is 29.2 Å². The summed E-state index contributed by atoms with van der Waals surface area (Å²) in [5, 5.41) is 0.863. The number of rotatable bonds is 5. The van der Waals surface area contributed by atoms with E-state index in [1.54, 1.807) is 31.2 Å². The van der Waals surface area contributed by atoms with Crippen LogP contribution in [0.2, 0.25) is 10.0 Å². The number of carbonyl (C=O) groups is 2. The van der Waals surface area contributed by atoms with Gasteiger partial charge in [0.2, 0.25) is 5.89 Å². The fraction of sp³-hybridized carbons (Fsp3) is 0.286. The third kappa shape index (κ3) is 5.79. The molecule has 0 bridgehead atoms. The molecule has 1 aliphatic rings. The number of nitrogens with zero attached hydrogens (tertiary/aromatic N) is 4. The number of halogens is 5. The number of oxazole rings is 1. The maximum absolute atomic E-state index is 13.9. The molecule has 1 unspecified atom stereocenters. The standard InChI is InChI=1S/C28H25Cl2F3N6O4/c1-13(34)24-23(26(40)38-9-10-39(27(35)41)19(12-38)14-3-6-17(29)18(30)11-14)37-25(43-24)16-4-7-20(42-2)22-15(16)5-8-21(36-22)28(31,32)33/h3-8,11,13,19H,9-10,12,34H2,1-2H3,(H2,35,41)/t13?,19-/m0/s1. The number of fused-ring (bicyclic) bond motifs is 1. The van der Waals surface area contributed by atoms with Gasteiger partial charge in [0.15, 0.2) is 11.5 Å². The third-order valence-electron chi connectivity index (χ3n) is 7.11. The van der Waals surface area contributed by atoms with Gasteiger partial charge < -0.3 is 30.4 Å². The number of amides is 3. The molecule has 10 nitrogen and oxygen atoms in total. The van der Waals surface area contributed by atoms with Gasteiger partial charge in [-0.05, 0) is 48.9 Å². The minimum Gasteiger partial charge on any atom is -0.494 e. The lowest BCUT2D eigenvalue weighted by atomic mass is 10.0. The monoisotopic (exact) mass is 636 g/mol. The number of methoxy groups -OCH3 is 1. The molecule has 43 heavy (non-hydrogen) atoms. The Morgan fingerprint density at radius 1 is 1.09 bits per heavy atom. The fourth-order valence-electron chi connectivity index (χ4n) is 5.00. The minimum absolute atomic E-state index is 0.0401. The number of nitrogens with two attached hydrogens (primary N) is 2. The van der Waals surface area contributed by atoms with Crippen LogP contribution in [0.4, 0.5) is 18.0 Å². The van der Waals surface area contributed by atoms with E-state index in [0.717, 1.165) is 6.07 Å². The molecule has 5 rings (SSSR count). The van der Waals surface area contributed by atoms with Crippen LogP contribution < -0.4 is 16.2 Å². The van der Waals surface area contributed by atoms with Crippen LogP contribution in [-0.2, 0) is 6.18 Å². The molecule has 0 saturated carbocycles. The van der Waals surface area contributed by atoms with Gasteiger partial charge in [0.25, 0.3) is 5.91 Å². The predicted octanol–water partition coefficient (Wildman–Crippen LogP) is 5.82. The zero-order valence-corrected chi connectivity index (χ0v) is 24.3. The quantitative estimate of drug-likeness (QED) is 0.281. The van der Waals surface area contributed by atoms with Gasteiger partial charge in [-0.25, -0.2) is 14.8 Å². The van der Waals surface area contributed by atoms with Gasteiger partial charge in [-0.3, -0.25) is 4.79 Å². The lowest BCUT2D eigenvalue weighted by molar-refractivity contribution is -0.140. The van der Waals surface area contributed by atoms with E-state index in [0.29, 0.717) is 10.6 Å². The molecule has 3 heterocycles. The number of primary amides is 1.